The lowest BCUT2D eigenvalue weighted by atomic mass is 10.0. The topological polar surface area (TPSA) is 72.3 Å². The molecule has 1 unspecified atom stereocenters. The first-order valence-electron chi connectivity index (χ1n) is 8.81. The number of oxime groups is 1. The van der Waals surface area contributed by atoms with Gasteiger partial charge in [-0.1, -0.05) is 41.6 Å². The summed E-state index contributed by atoms with van der Waals surface area (Å²) in [6, 6.07) is 12.5. The van der Waals surface area contributed by atoms with E-state index in [1.807, 2.05) is 18.2 Å². The molecule has 1 heterocycles. The van der Waals surface area contributed by atoms with Gasteiger partial charge in [-0.15, -0.1) is 0 Å². The van der Waals surface area contributed by atoms with E-state index in [4.69, 9.17) is 9.47 Å². The monoisotopic (exact) mass is 410 g/mol. The SMILES string of the molecule is COc1cccc(CNCc2ccc(C3=NOC(O)(C(F)(F)F)C3)cc2)c1OC. The van der Waals surface area contributed by atoms with Gasteiger partial charge in [0.1, 0.15) is 0 Å². The minimum absolute atomic E-state index is 0.0467. The number of halogens is 3. The Labute approximate surface area is 165 Å². The van der Waals surface area contributed by atoms with Crippen LogP contribution in [0.15, 0.2) is 47.6 Å². The third kappa shape index (κ3) is 4.46. The van der Waals surface area contributed by atoms with Crippen molar-refractivity contribution in [1.29, 1.82) is 0 Å². The molecule has 0 saturated heterocycles. The number of aliphatic hydroxyl groups is 1. The lowest BCUT2D eigenvalue weighted by molar-refractivity contribution is -0.355. The number of para-hydroxylation sites is 1. The van der Waals surface area contributed by atoms with Crippen molar-refractivity contribution in [2.75, 3.05) is 14.2 Å². The second kappa shape index (κ2) is 8.30. The third-order valence-electron chi connectivity index (χ3n) is 4.57. The Kier molecular flexibility index (Phi) is 5.99. The highest BCUT2D eigenvalue weighted by Gasteiger charge is 2.60. The van der Waals surface area contributed by atoms with Crippen molar-refractivity contribution < 1.29 is 32.6 Å². The van der Waals surface area contributed by atoms with Crippen LogP contribution in [0.25, 0.3) is 0 Å². The van der Waals surface area contributed by atoms with Crippen molar-refractivity contribution in [2.45, 2.75) is 31.5 Å². The van der Waals surface area contributed by atoms with Gasteiger partial charge in [0.2, 0.25) is 0 Å². The zero-order valence-electron chi connectivity index (χ0n) is 15.9. The first-order chi connectivity index (χ1) is 13.8. The Balaban J connectivity index is 1.59. The van der Waals surface area contributed by atoms with Crippen LogP contribution in [-0.4, -0.2) is 37.0 Å². The van der Waals surface area contributed by atoms with E-state index in [0.717, 1.165) is 11.1 Å². The number of methoxy groups -OCH3 is 2. The van der Waals surface area contributed by atoms with E-state index >= 15 is 0 Å². The highest BCUT2D eigenvalue weighted by molar-refractivity contribution is 6.01. The number of nitrogens with one attached hydrogen (secondary N) is 1. The van der Waals surface area contributed by atoms with E-state index in [9.17, 15) is 18.3 Å². The molecular weight excluding hydrogens is 389 g/mol. The predicted octanol–water partition coefficient (Wildman–Crippen LogP) is 3.37. The summed E-state index contributed by atoms with van der Waals surface area (Å²) in [6.45, 7) is 1.08. The summed E-state index contributed by atoms with van der Waals surface area (Å²) >= 11 is 0. The highest BCUT2D eigenvalue weighted by Crippen LogP contribution is 2.39. The lowest BCUT2D eigenvalue weighted by Gasteiger charge is -2.22. The maximum absolute atomic E-state index is 12.8. The van der Waals surface area contributed by atoms with Gasteiger partial charge in [-0.25, -0.2) is 0 Å². The van der Waals surface area contributed by atoms with Crippen LogP contribution in [0, 0.1) is 0 Å². The molecule has 0 saturated carbocycles. The molecule has 2 aromatic rings. The summed E-state index contributed by atoms with van der Waals surface area (Å²) in [7, 11) is 3.15. The van der Waals surface area contributed by atoms with Gasteiger partial charge >= 0.3 is 12.0 Å². The summed E-state index contributed by atoms with van der Waals surface area (Å²) < 4.78 is 49.1. The van der Waals surface area contributed by atoms with Crippen molar-refractivity contribution >= 4 is 5.71 Å². The molecule has 1 aliphatic rings. The molecule has 0 fully saturated rings. The Hall–Kier alpha value is -2.78. The summed E-state index contributed by atoms with van der Waals surface area (Å²) in [4.78, 5) is 4.24. The van der Waals surface area contributed by atoms with Crippen LogP contribution in [0.2, 0.25) is 0 Å². The van der Waals surface area contributed by atoms with Crippen LogP contribution in [0.4, 0.5) is 13.2 Å². The number of rotatable bonds is 7. The Morgan fingerprint density at radius 1 is 1.10 bits per heavy atom. The minimum atomic E-state index is -4.91. The van der Waals surface area contributed by atoms with Gasteiger partial charge in [0.05, 0.1) is 26.4 Å². The predicted molar refractivity (Wildman–Crippen MR) is 99.8 cm³/mol. The molecule has 9 heteroatoms. The molecule has 156 valence electrons. The van der Waals surface area contributed by atoms with Crippen molar-refractivity contribution in [2.24, 2.45) is 5.16 Å². The van der Waals surface area contributed by atoms with Crippen molar-refractivity contribution in [1.82, 2.24) is 5.32 Å². The molecule has 0 aromatic heterocycles. The Bertz CT molecular complexity index is 884. The van der Waals surface area contributed by atoms with Crippen molar-refractivity contribution in [3.63, 3.8) is 0 Å². The maximum atomic E-state index is 12.8. The molecular formula is C20H21F3N2O4. The fourth-order valence-electron chi connectivity index (χ4n) is 2.98. The summed E-state index contributed by atoms with van der Waals surface area (Å²) in [5, 5.41) is 16.2. The lowest BCUT2D eigenvalue weighted by Crippen LogP contribution is -2.45. The average Bonchev–Trinajstić information content (AvgIpc) is 3.12. The molecule has 29 heavy (non-hydrogen) atoms. The van der Waals surface area contributed by atoms with Crippen LogP contribution in [0.5, 0.6) is 11.5 Å². The van der Waals surface area contributed by atoms with Crippen molar-refractivity contribution in [3.8, 4) is 11.5 Å². The molecule has 0 radical (unpaired) electrons. The fourth-order valence-corrected chi connectivity index (χ4v) is 2.98. The van der Waals surface area contributed by atoms with Crippen LogP contribution in [0.1, 0.15) is 23.1 Å². The number of hydrogen-bond donors (Lipinski definition) is 2. The minimum Gasteiger partial charge on any atom is -0.493 e. The summed E-state index contributed by atoms with van der Waals surface area (Å²) in [6.07, 6.45) is -5.66. The largest absolute Gasteiger partial charge is 0.493 e. The van der Waals surface area contributed by atoms with Gasteiger partial charge in [-0.3, -0.25) is 0 Å². The molecule has 0 bridgehead atoms. The zero-order valence-corrected chi connectivity index (χ0v) is 15.9. The number of hydrogen-bond acceptors (Lipinski definition) is 6. The molecule has 2 N–H and O–H groups in total. The molecule has 3 rings (SSSR count). The number of benzene rings is 2. The van der Waals surface area contributed by atoms with Crippen LogP contribution >= 0.6 is 0 Å². The first-order valence-corrected chi connectivity index (χ1v) is 8.81. The highest BCUT2D eigenvalue weighted by atomic mass is 19.4. The van der Waals surface area contributed by atoms with Gasteiger partial charge < -0.3 is 24.7 Å². The molecule has 6 nitrogen and oxygen atoms in total. The van der Waals surface area contributed by atoms with Gasteiger partial charge in [0, 0.05) is 18.7 Å². The maximum Gasteiger partial charge on any atom is 0.458 e. The van der Waals surface area contributed by atoms with E-state index < -0.39 is 18.4 Å². The number of nitrogens with zero attached hydrogens (tertiary/aromatic N) is 1. The van der Waals surface area contributed by atoms with Crippen LogP contribution in [0.3, 0.4) is 0 Å². The summed E-state index contributed by atoms with van der Waals surface area (Å²) in [5.74, 6) is -1.96. The second-order valence-electron chi connectivity index (χ2n) is 6.54. The first kappa shape index (κ1) is 20.9. The van der Waals surface area contributed by atoms with Gasteiger partial charge in [-0.05, 0) is 17.2 Å². The van der Waals surface area contributed by atoms with E-state index in [-0.39, 0.29) is 5.71 Å². The summed E-state index contributed by atoms with van der Waals surface area (Å²) in [5.41, 5.74) is 2.38. The van der Waals surface area contributed by atoms with E-state index in [2.05, 4.69) is 15.3 Å². The van der Waals surface area contributed by atoms with Crippen LogP contribution in [-0.2, 0) is 17.9 Å². The van der Waals surface area contributed by atoms with Gasteiger partial charge in [-0.2, -0.15) is 13.2 Å². The van der Waals surface area contributed by atoms with Gasteiger partial charge in [0.15, 0.2) is 11.5 Å². The normalized spacial score (nSPS) is 18.9. The third-order valence-corrected chi connectivity index (χ3v) is 4.57. The average molecular weight is 410 g/mol. The molecule has 1 aliphatic heterocycles. The molecule has 1 atom stereocenters. The quantitative estimate of drug-likeness (QED) is 0.732. The Morgan fingerprint density at radius 2 is 1.83 bits per heavy atom. The fraction of sp³-hybridized carbons (Fsp3) is 0.350. The molecule has 0 amide bonds. The zero-order chi connectivity index (χ0) is 21.1. The number of ether oxygens (including phenoxy) is 2. The standard InChI is InChI=1S/C20H21F3N2O4/c1-27-17-5-3-4-15(18(17)28-2)12-24-11-13-6-8-14(9-7-13)16-10-19(26,29-25-16)20(21,22)23/h3-9,24,26H,10-12H2,1-2H3. The van der Waals surface area contributed by atoms with E-state index in [0.29, 0.717) is 30.2 Å². The Morgan fingerprint density at radius 3 is 2.41 bits per heavy atom. The molecule has 0 spiro atoms. The van der Waals surface area contributed by atoms with E-state index in [1.54, 1.807) is 38.5 Å². The van der Waals surface area contributed by atoms with E-state index in [1.165, 1.54) is 0 Å². The molecule has 0 aliphatic carbocycles. The number of alkyl halides is 3. The molecule has 2 aromatic carbocycles. The van der Waals surface area contributed by atoms with Gasteiger partial charge in [0.25, 0.3) is 0 Å². The second-order valence-corrected chi connectivity index (χ2v) is 6.54. The van der Waals surface area contributed by atoms with Crippen LogP contribution < -0.4 is 14.8 Å². The smallest absolute Gasteiger partial charge is 0.458 e. The van der Waals surface area contributed by atoms with Crippen molar-refractivity contribution in [3.05, 3.63) is 59.2 Å².